The summed E-state index contributed by atoms with van der Waals surface area (Å²) in [5.74, 6) is 0.281. The van der Waals surface area contributed by atoms with E-state index in [9.17, 15) is 8.42 Å². The van der Waals surface area contributed by atoms with Gasteiger partial charge in [-0.25, -0.2) is 8.42 Å². The van der Waals surface area contributed by atoms with Gasteiger partial charge in [-0.15, -0.1) is 0 Å². The number of hydrogen-bond acceptors (Lipinski definition) is 5. The number of rotatable bonds is 2. The number of nitrogens with one attached hydrogen (secondary N) is 1. The normalized spacial score (nSPS) is 17.1. The van der Waals surface area contributed by atoms with Crippen molar-refractivity contribution in [1.29, 1.82) is 5.41 Å². The molecule has 5 N–H and O–H groups in total. The summed E-state index contributed by atoms with van der Waals surface area (Å²) in [7, 11) is -3.16. The van der Waals surface area contributed by atoms with Crippen molar-refractivity contribution in [3.63, 3.8) is 0 Å². The Morgan fingerprint density at radius 1 is 1.20 bits per heavy atom. The second-order valence-electron chi connectivity index (χ2n) is 4.84. The Morgan fingerprint density at radius 3 is 2.35 bits per heavy atom. The minimum Gasteiger partial charge on any atom is -0.399 e. The summed E-state index contributed by atoms with van der Waals surface area (Å²) in [4.78, 5) is 1.81. The van der Waals surface area contributed by atoms with Crippen LogP contribution in [0.25, 0.3) is 0 Å². The van der Waals surface area contributed by atoms with Crippen LogP contribution in [0.3, 0.4) is 0 Å². The third kappa shape index (κ3) is 3.02. The highest BCUT2D eigenvalue weighted by Gasteiger charge is 2.25. The van der Waals surface area contributed by atoms with E-state index >= 15 is 0 Å². The zero-order chi connectivity index (χ0) is 14.9. The van der Waals surface area contributed by atoms with Crippen molar-refractivity contribution >= 4 is 27.2 Å². The van der Waals surface area contributed by atoms with E-state index < -0.39 is 10.0 Å². The van der Waals surface area contributed by atoms with Crippen LogP contribution in [0.4, 0.5) is 11.4 Å². The summed E-state index contributed by atoms with van der Waals surface area (Å²) in [6.45, 7) is 1.70. The lowest BCUT2D eigenvalue weighted by atomic mass is 10.1. The molecule has 1 saturated heterocycles. The van der Waals surface area contributed by atoms with E-state index in [0.717, 1.165) is 0 Å². The smallest absolute Gasteiger partial charge is 0.211 e. The molecule has 0 bridgehead atoms. The summed E-state index contributed by atoms with van der Waals surface area (Å²) >= 11 is 0. The molecule has 0 atom stereocenters. The number of benzene rings is 1. The van der Waals surface area contributed by atoms with Crippen molar-refractivity contribution in [3.8, 4) is 0 Å². The molecule has 1 aromatic rings. The highest BCUT2D eigenvalue weighted by Crippen LogP contribution is 2.19. The predicted octanol–water partition coefficient (Wildman–Crippen LogP) is -0.246. The van der Waals surface area contributed by atoms with E-state index in [1.807, 2.05) is 4.90 Å². The number of nitrogens with zero attached hydrogens (tertiary/aromatic N) is 2. The molecule has 1 fully saturated rings. The Kier molecular flexibility index (Phi) is 3.87. The Hall–Kier alpha value is -1.80. The number of hydrogen-bond donors (Lipinski definition) is 3. The fraction of sp³-hybridized carbons (Fsp3) is 0.417. The van der Waals surface area contributed by atoms with Crippen LogP contribution in [-0.2, 0) is 10.0 Å². The molecule has 2 rings (SSSR count). The van der Waals surface area contributed by atoms with Gasteiger partial charge in [-0.1, -0.05) is 0 Å². The molecular weight excluding hydrogens is 278 g/mol. The molecule has 0 aromatic heterocycles. The van der Waals surface area contributed by atoms with E-state index in [4.69, 9.17) is 16.9 Å². The van der Waals surface area contributed by atoms with Gasteiger partial charge in [0.05, 0.1) is 6.26 Å². The largest absolute Gasteiger partial charge is 0.399 e. The fourth-order valence-corrected chi connectivity index (χ4v) is 3.02. The van der Waals surface area contributed by atoms with E-state index in [1.165, 1.54) is 10.6 Å². The maximum absolute atomic E-state index is 11.4. The van der Waals surface area contributed by atoms with E-state index in [0.29, 0.717) is 43.1 Å². The number of anilines is 2. The van der Waals surface area contributed by atoms with Gasteiger partial charge in [-0.3, -0.25) is 5.41 Å². The van der Waals surface area contributed by atoms with Crippen LogP contribution in [-0.4, -0.2) is 55.9 Å². The molecule has 0 saturated carbocycles. The zero-order valence-electron chi connectivity index (χ0n) is 11.3. The molecule has 1 aromatic carbocycles. The van der Waals surface area contributed by atoms with E-state index in [-0.39, 0.29) is 5.84 Å². The van der Waals surface area contributed by atoms with Gasteiger partial charge < -0.3 is 16.4 Å². The van der Waals surface area contributed by atoms with Gasteiger partial charge >= 0.3 is 0 Å². The lowest BCUT2D eigenvalue weighted by Crippen LogP contribution is -2.50. The van der Waals surface area contributed by atoms with Crippen molar-refractivity contribution in [2.24, 2.45) is 0 Å². The monoisotopic (exact) mass is 297 g/mol. The number of piperazine rings is 1. The average Bonchev–Trinajstić information content (AvgIpc) is 2.40. The van der Waals surface area contributed by atoms with E-state index in [1.54, 1.807) is 18.2 Å². The first-order chi connectivity index (χ1) is 9.29. The van der Waals surface area contributed by atoms with Gasteiger partial charge in [-0.05, 0) is 18.2 Å². The molecule has 1 heterocycles. The van der Waals surface area contributed by atoms with Crippen molar-refractivity contribution in [3.05, 3.63) is 23.8 Å². The van der Waals surface area contributed by atoms with Crippen molar-refractivity contribution in [1.82, 2.24) is 9.21 Å². The van der Waals surface area contributed by atoms with Crippen LogP contribution in [0.2, 0.25) is 0 Å². The number of amidine groups is 1. The molecule has 0 amide bonds. The second kappa shape index (κ2) is 5.29. The van der Waals surface area contributed by atoms with Crippen LogP contribution in [0.15, 0.2) is 18.2 Å². The van der Waals surface area contributed by atoms with Crippen LogP contribution >= 0.6 is 0 Å². The van der Waals surface area contributed by atoms with Gasteiger partial charge in [0, 0.05) is 43.1 Å². The Labute approximate surface area is 118 Å². The topological polar surface area (TPSA) is 117 Å². The summed E-state index contributed by atoms with van der Waals surface area (Å²) < 4.78 is 24.3. The quantitative estimate of drug-likeness (QED) is 0.395. The summed E-state index contributed by atoms with van der Waals surface area (Å²) in [6, 6.07) is 5.03. The maximum atomic E-state index is 11.4. The predicted molar refractivity (Wildman–Crippen MR) is 80.1 cm³/mol. The number of nitrogens with two attached hydrogens (primary N) is 2. The standard InChI is InChI=1S/C12H19N5O2S/c1-20(18,19)17-6-4-16(5-7-17)12(15)10-8-9(13)2-3-11(10)14/h2-3,8,15H,4-7,13-14H2,1H3. The average molecular weight is 297 g/mol. The third-order valence-electron chi connectivity index (χ3n) is 3.36. The summed E-state index contributed by atoms with van der Waals surface area (Å²) in [5, 5.41) is 8.21. The lowest BCUT2D eigenvalue weighted by molar-refractivity contribution is 0.266. The zero-order valence-corrected chi connectivity index (χ0v) is 12.2. The molecular formula is C12H19N5O2S. The van der Waals surface area contributed by atoms with Crippen LogP contribution in [0.1, 0.15) is 5.56 Å². The highest BCUT2D eigenvalue weighted by molar-refractivity contribution is 7.88. The molecule has 0 spiro atoms. The van der Waals surface area contributed by atoms with Crippen molar-refractivity contribution in [2.45, 2.75) is 0 Å². The maximum Gasteiger partial charge on any atom is 0.211 e. The minimum absolute atomic E-state index is 0.281. The first-order valence-electron chi connectivity index (χ1n) is 6.23. The third-order valence-corrected chi connectivity index (χ3v) is 4.66. The molecule has 20 heavy (non-hydrogen) atoms. The molecule has 8 heteroatoms. The minimum atomic E-state index is -3.16. The van der Waals surface area contributed by atoms with Crippen LogP contribution in [0, 0.1) is 5.41 Å². The first kappa shape index (κ1) is 14.6. The molecule has 0 aliphatic carbocycles. The summed E-state index contributed by atoms with van der Waals surface area (Å²) in [6.07, 6.45) is 1.20. The molecule has 1 aliphatic rings. The number of nitrogen functional groups attached to an aromatic ring is 2. The molecule has 1 aliphatic heterocycles. The molecule has 0 unspecified atom stereocenters. The van der Waals surface area contributed by atoms with Crippen molar-refractivity contribution < 1.29 is 8.42 Å². The van der Waals surface area contributed by atoms with Gasteiger partial charge in [0.25, 0.3) is 0 Å². The number of sulfonamides is 1. The van der Waals surface area contributed by atoms with Gasteiger partial charge in [0.2, 0.25) is 10.0 Å². The first-order valence-corrected chi connectivity index (χ1v) is 8.08. The molecule has 110 valence electrons. The van der Waals surface area contributed by atoms with Crippen LogP contribution in [0.5, 0.6) is 0 Å². The SMILES string of the molecule is CS(=O)(=O)N1CCN(C(=N)c2cc(N)ccc2N)CC1. The van der Waals surface area contributed by atoms with E-state index in [2.05, 4.69) is 0 Å². The van der Waals surface area contributed by atoms with Crippen LogP contribution < -0.4 is 11.5 Å². The second-order valence-corrected chi connectivity index (χ2v) is 6.83. The van der Waals surface area contributed by atoms with Gasteiger partial charge in [0.15, 0.2) is 0 Å². The highest BCUT2D eigenvalue weighted by atomic mass is 32.2. The molecule has 0 radical (unpaired) electrons. The van der Waals surface area contributed by atoms with Gasteiger partial charge in [0.1, 0.15) is 5.84 Å². The Bertz CT molecular complexity index is 621. The Morgan fingerprint density at radius 2 is 1.80 bits per heavy atom. The summed E-state index contributed by atoms with van der Waals surface area (Å²) in [5.41, 5.74) is 13.2. The lowest BCUT2D eigenvalue weighted by Gasteiger charge is -2.35. The van der Waals surface area contributed by atoms with Gasteiger partial charge in [-0.2, -0.15) is 4.31 Å². The van der Waals surface area contributed by atoms with Crippen molar-refractivity contribution in [2.75, 3.05) is 43.9 Å². The Balaban J connectivity index is 2.11. The fourth-order valence-electron chi connectivity index (χ4n) is 2.19. The molecule has 7 nitrogen and oxygen atoms in total.